The van der Waals surface area contributed by atoms with Crippen LogP contribution in [0.25, 0.3) is 0 Å². The summed E-state index contributed by atoms with van der Waals surface area (Å²) in [6.45, 7) is 3.98. The fraction of sp³-hybridized carbons (Fsp3) is 0.457. The summed E-state index contributed by atoms with van der Waals surface area (Å²) in [6, 6.07) is 11.8. The highest BCUT2D eigenvalue weighted by atomic mass is 35.5. The molecule has 4 rings (SSSR count). The molecule has 0 aromatic heterocycles. The van der Waals surface area contributed by atoms with Crippen LogP contribution in [0.15, 0.2) is 60.7 Å². The highest BCUT2D eigenvalue weighted by Gasteiger charge is 2.37. The zero-order valence-electron chi connectivity index (χ0n) is 27.7. The van der Waals surface area contributed by atoms with Crippen molar-refractivity contribution in [3.05, 3.63) is 88.5 Å². The fourth-order valence-corrected chi connectivity index (χ4v) is 6.30. The quantitative estimate of drug-likeness (QED) is 0.186. The standard InChI is InChI=1S/C35H37F9N2O3.2ClH/c1-3-45(19-24-8-6-23(7-9-24)16-32(47)48)31-13-12-30(49-35(42,43)44)17-26(31)21-46(29-10-4-22(2)5-11-29)20-25-14-27(33(36,37)38)18-28(15-25)34(39,40)41;;/h4-5,10-15,17-18,23-24H,3,6-9,16,19-21H2,1-2H3,(H,47,48);2*1H. The molecule has 3 aromatic carbocycles. The zero-order chi connectivity index (χ0) is 36.1. The normalized spacial score (nSPS) is 16.5. The molecule has 16 heteroatoms. The molecule has 5 nitrogen and oxygen atoms in total. The van der Waals surface area contributed by atoms with Crippen LogP contribution in [0, 0.1) is 18.8 Å². The lowest BCUT2D eigenvalue weighted by atomic mass is 9.80. The van der Waals surface area contributed by atoms with E-state index >= 15 is 0 Å². The summed E-state index contributed by atoms with van der Waals surface area (Å²) in [7, 11) is 0. The highest BCUT2D eigenvalue weighted by Crippen LogP contribution is 2.39. The first kappa shape index (κ1) is 43.6. The minimum atomic E-state index is -5.06. The predicted octanol–water partition coefficient (Wildman–Crippen LogP) is 11.1. The van der Waals surface area contributed by atoms with Crippen LogP contribution >= 0.6 is 24.8 Å². The molecule has 1 aliphatic carbocycles. The van der Waals surface area contributed by atoms with Gasteiger partial charge < -0.3 is 19.6 Å². The number of carbonyl (C=O) groups is 1. The molecule has 3 aromatic rings. The number of halogens is 11. The van der Waals surface area contributed by atoms with Crippen LogP contribution in [-0.2, 0) is 30.2 Å². The van der Waals surface area contributed by atoms with Gasteiger partial charge in [0.15, 0.2) is 0 Å². The van der Waals surface area contributed by atoms with Crippen molar-refractivity contribution >= 4 is 42.2 Å². The first-order chi connectivity index (χ1) is 22.8. The summed E-state index contributed by atoms with van der Waals surface area (Å²) in [5, 5.41) is 9.15. The predicted molar refractivity (Wildman–Crippen MR) is 181 cm³/mol. The van der Waals surface area contributed by atoms with Crippen molar-refractivity contribution in [2.75, 3.05) is 22.9 Å². The van der Waals surface area contributed by atoms with Gasteiger partial charge in [0.05, 0.1) is 11.1 Å². The Bertz CT molecular complexity index is 1540. The summed E-state index contributed by atoms with van der Waals surface area (Å²) in [5.41, 5.74) is -1.15. The molecule has 0 radical (unpaired) electrons. The maximum Gasteiger partial charge on any atom is 0.573 e. The lowest BCUT2D eigenvalue weighted by molar-refractivity contribution is -0.274. The van der Waals surface area contributed by atoms with Crippen LogP contribution in [0.4, 0.5) is 50.9 Å². The molecule has 1 N–H and O–H groups in total. The molecule has 51 heavy (non-hydrogen) atoms. The Hall–Kier alpha value is -3.52. The average Bonchev–Trinajstić information content (AvgIpc) is 2.99. The minimum absolute atomic E-state index is 0. The van der Waals surface area contributed by atoms with Crippen LogP contribution < -0.4 is 14.5 Å². The van der Waals surface area contributed by atoms with Gasteiger partial charge in [-0.25, -0.2) is 0 Å². The Kier molecular flexibility index (Phi) is 15.2. The second kappa shape index (κ2) is 17.8. The van der Waals surface area contributed by atoms with Crippen LogP contribution in [0.3, 0.4) is 0 Å². The molecular weight excluding hydrogens is 738 g/mol. The van der Waals surface area contributed by atoms with Crippen LogP contribution in [0.5, 0.6) is 5.75 Å². The van der Waals surface area contributed by atoms with Gasteiger partial charge in [-0.05, 0) is 111 Å². The maximum atomic E-state index is 13.7. The SMILES string of the molecule is CCN(CC1CCC(CC(=O)O)CC1)c1ccc(OC(F)(F)F)cc1CN(Cc1cc(C(F)(F)F)cc(C(F)(F)F)c1)c1ccc(C)cc1.Cl.Cl. The second-order valence-electron chi connectivity index (χ2n) is 12.5. The number of benzene rings is 3. The van der Waals surface area contributed by atoms with Crippen molar-refractivity contribution < 1.29 is 54.2 Å². The summed E-state index contributed by atoms with van der Waals surface area (Å²) in [6.07, 6.45) is -12.1. The Morgan fingerprint density at radius 3 is 1.80 bits per heavy atom. The summed E-state index contributed by atoms with van der Waals surface area (Å²) in [5.74, 6) is -1.15. The van der Waals surface area contributed by atoms with E-state index in [1.165, 1.54) is 17.0 Å². The van der Waals surface area contributed by atoms with E-state index in [0.29, 0.717) is 42.2 Å². The lowest BCUT2D eigenvalue weighted by Gasteiger charge is -2.35. The average molecular weight is 778 g/mol. The van der Waals surface area contributed by atoms with Crippen molar-refractivity contribution in [1.29, 1.82) is 0 Å². The first-order valence-corrected chi connectivity index (χ1v) is 15.8. The Balaban J connectivity index is 0.00000451. The second-order valence-corrected chi connectivity index (χ2v) is 12.5. The highest BCUT2D eigenvalue weighted by molar-refractivity contribution is 5.85. The van der Waals surface area contributed by atoms with Crippen molar-refractivity contribution in [2.45, 2.75) is 77.8 Å². The maximum absolute atomic E-state index is 13.7. The number of alkyl halides is 9. The molecule has 1 aliphatic rings. The number of carboxylic acids is 1. The van der Waals surface area contributed by atoms with Gasteiger partial charge in [-0.3, -0.25) is 4.79 Å². The van der Waals surface area contributed by atoms with Crippen molar-refractivity contribution in [3.8, 4) is 5.75 Å². The molecule has 0 heterocycles. The fourth-order valence-electron chi connectivity index (χ4n) is 6.30. The third-order valence-electron chi connectivity index (χ3n) is 8.70. The molecule has 1 saturated carbocycles. The largest absolute Gasteiger partial charge is 0.573 e. The Morgan fingerprint density at radius 2 is 1.31 bits per heavy atom. The summed E-state index contributed by atoms with van der Waals surface area (Å²) < 4.78 is 126. The van der Waals surface area contributed by atoms with E-state index in [4.69, 9.17) is 5.11 Å². The third-order valence-corrected chi connectivity index (χ3v) is 8.70. The van der Waals surface area contributed by atoms with E-state index in [1.54, 1.807) is 31.2 Å². The van der Waals surface area contributed by atoms with Gasteiger partial charge >= 0.3 is 24.7 Å². The van der Waals surface area contributed by atoms with E-state index in [9.17, 15) is 44.3 Å². The molecule has 0 spiro atoms. The molecule has 0 saturated heterocycles. The van der Waals surface area contributed by atoms with E-state index in [2.05, 4.69) is 4.74 Å². The Morgan fingerprint density at radius 1 is 0.765 bits per heavy atom. The minimum Gasteiger partial charge on any atom is -0.481 e. The van der Waals surface area contributed by atoms with Crippen molar-refractivity contribution in [3.63, 3.8) is 0 Å². The van der Waals surface area contributed by atoms with Gasteiger partial charge in [-0.1, -0.05) is 17.7 Å². The number of hydrogen-bond donors (Lipinski definition) is 1. The van der Waals surface area contributed by atoms with Crippen LogP contribution in [-0.4, -0.2) is 30.5 Å². The summed E-state index contributed by atoms with van der Waals surface area (Å²) in [4.78, 5) is 14.6. The molecule has 0 atom stereocenters. The van der Waals surface area contributed by atoms with E-state index in [1.807, 2.05) is 11.8 Å². The first-order valence-electron chi connectivity index (χ1n) is 15.8. The van der Waals surface area contributed by atoms with Gasteiger partial charge in [0.25, 0.3) is 0 Å². The molecule has 0 amide bonds. The van der Waals surface area contributed by atoms with E-state index in [-0.39, 0.29) is 61.2 Å². The zero-order valence-corrected chi connectivity index (χ0v) is 29.3. The van der Waals surface area contributed by atoms with Gasteiger partial charge in [-0.15, -0.1) is 38.0 Å². The number of hydrogen-bond acceptors (Lipinski definition) is 4. The monoisotopic (exact) mass is 776 g/mol. The van der Waals surface area contributed by atoms with Gasteiger partial charge in [0, 0.05) is 44.0 Å². The molecule has 0 bridgehead atoms. The number of aliphatic carboxylic acids is 1. The molecular formula is C35H39Cl2F9N2O3. The topological polar surface area (TPSA) is 53.0 Å². The number of rotatable bonds is 12. The van der Waals surface area contributed by atoms with Crippen LogP contribution in [0.2, 0.25) is 0 Å². The van der Waals surface area contributed by atoms with Crippen molar-refractivity contribution in [2.24, 2.45) is 11.8 Å². The van der Waals surface area contributed by atoms with Gasteiger partial charge in [0.2, 0.25) is 0 Å². The van der Waals surface area contributed by atoms with Gasteiger partial charge in [-0.2, -0.15) is 26.3 Å². The number of anilines is 2. The molecule has 0 unspecified atom stereocenters. The molecule has 284 valence electrons. The smallest absolute Gasteiger partial charge is 0.481 e. The lowest BCUT2D eigenvalue weighted by Crippen LogP contribution is -2.33. The van der Waals surface area contributed by atoms with E-state index in [0.717, 1.165) is 37.3 Å². The summed E-state index contributed by atoms with van der Waals surface area (Å²) >= 11 is 0. The third kappa shape index (κ3) is 12.9. The number of aryl methyl sites for hydroxylation is 1. The number of carboxylic acid groups (broad SMARTS) is 1. The molecule has 1 fully saturated rings. The number of ether oxygens (including phenoxy) is 1. The van der Waals surface area contributed by atoms with Crippen molar-refractivity contribution in [1.82, 2.24) is 0 Å². The van der Waals surface area contributed by atoms with Gasteiger partial charge in [0.1, 0.15) is 5.75 Å². The van der Waals surface area contributed by atoms with E-state index < -0.39 is 48.1 Å². The van der Waals surface area contributed by atoms with Crippen LogP contribution in [0.1, 0.15) is 66.8 Å². The molecule has 0 aliphatic heterocycles. The Labute approximate surface area is 302 Å². The number of nitrogens with zero attached hydrogens (tertiary/aromatic N) is 2.